The third kappa shape index (κ3) is 3.23. The van der Waals surface area contributed by atoms with Crippen molar-refractivity contribution in [2.75, 3.05) is 6.54 Å². The average molecular weight is 243 g/mol. The minimum absolute atomic E-state index is 0.311. The molecule has 1 heterocycles. The van der Waals surface area contributed by atoms with Gasteiger partial charge in [-0.2, -0.15) is 0 Å². The standard InChI is InChI=1S/C16H21NO/c1-3-15(16-10-7-11-18-16)17-12-13(2)14-8-5-4-6-9-14/h4-11,13,15,17H,3,12H2,1-2H3. The Morgan fingerprint density at radius 2 is 1.89 bits per heavy atom. The first-order valence-corrected chi connectivity index (χ1v) is 6.63. The first-order valence-electron chi connectivity index (χ1n) is 6.63. The highest BCUT2D eigenvalue weighted by molar-refractivity contribution is 5.19. The molecule has 0 radical (unpaired) electrons. The van der Waals surface area contributed by atoms with Crippen LogP contribution >= 0.6 is 0 Å². The lowest BCUT2D eigenvalue weighted by atomic mass is 10.0. The SMILES string of the molecule is CCC(NCC(C)c1ccccc1)c1ccco1. The van der Waals surface area contributed by atoms with Gasteiger partial charge in [0, 0.05) is 6.54 Å². The summed E-state index contributed by atoms with van der Waals surface area (Å²) < 4.78 is 5.46. The molecule has 2 aromatic rings. The summed E-state index contributed by atoms with van der Waals surface area (Å²) in [6.45, 7) is 5.38. The molecule has 18 heavy (non-hydrogen) atoms. The van der Waals surface area contributed by atoms with Crippen LogP contribution in [0.3, 0.4) is 0 Å². The molecule has 96 valence electrons. The second kappa shape index (κ2) is 6.41. The lowest BCUT2D eigenvalue weighted by molar-refractivity contribution is 0.397. The molecule has 2 unspecified atom stereocenters. The molecule has 0 fully saturated rings. The largest absolute Gasteiger partial charge is 0.468 e. The van der Waals surface area contributed by atoms with E-state index in [-0.39, 0.29) is 0 Å². The van der Waals surface area contributed by atoms with Gasteiger partial charge in [0.2, 0.25) is 0 Å². The van der Waals surface area contributed by atoms with Gasteiger partial charge >= 0.3 is 0 Å². The monoisotopic (exact) mass is 243 g/mol. The van der Waals surface area contributed by atoms with E-state index in [9.17, 15) is 0 Å². The van der Waals surface area contributed by atoms with E-state index in [4.69, 9.17) is 4.42 Å². The molecule has 0 aliphatic rings. The molecule has 2 rings (SSSR count). The number of benzene rings is 1. The van der Waals surface area contributed by atoms with E-state index < -0.39 is 0 Å². The molecule has 0 amide bonds. The van der Waals surface area contributed by atoms with Crippen molar-refractivity contribution in [3.63, 3.8) is 0 Å². The fourth-order valence-electron chi connectivity index (χ4n) is 2.15. The second-order valence-corrected chi connectivity index (χ2v) is 4.70. The van der Waals surface area contributed by atoms with Crippen LogP contribution in [-0.4, -0.2) is 6.54 Å². The lowest BCUT2D eigenvalue weighted by Crippen LogP contribution is -2.24. The Labute approximate surface area is 109 Å². The molecule has 1 aromatic heterocycles. The molecular weight excluding hydrogens is 222 g/mol. The van der Waals surface area contributed by atoms with Crippen molar-refractivity contribution in [2.24, 2.45) is 0 Å². The molecule has 2 nitrogen and oxygen atoms in total. The Bertz CT molecular complexity index is 435. The summed E-state index contributed by atoms with van der Waals surface area (Å²) in [7, 11) is 0. The van der Waals surface area contributed by atoms with Crippen LogP contribution in [0, 0.1) is 0 Å². The van der Waals surface area contributed by atoms with Gasteiger partial charge < -0.3 is 9.73 Å². The van der Waals surface area contributed by atoms with E-state index >= 15 is 0 Å². The van der Waals surface area contributed by atoms with Gasteiger partial charge in [-0.1, -0.05) is 44.2 Å². The van der Waals surface area contributed by atoms with Crippen molar-refractivity contribution in [2.45, 2.75) is 32.2 Å². The molecule has 0 aliphatic heterocycles. The number of hydrogen-bond acceptors (Lipinski definition) is 2. The van der Waals surface area contributed by atoms with Crippen LogP contribution in [0.4, 0.5) is 0 Å². The summed E-state index contributed by atoms with van der Waals surface area (Å²) in [6, 6.07) is 14.9. The van der Waals surface area contributed by atoms with Crippen molar-refractivity contribution >= 4 is 0 Å². The summed E-state index contributed by atoms with van der Waals surface area (Å²) >= 11 is 0. The number of rotatable bonds is 6. The number of nitrogens with one attached hydrogen (secondary N) is 1. The average Bonchev–Trinajstić information content (AvgIpc) is 2.94. The maximum Gasteiger partial charge on any atom is 0.120 e. The Balaban J connectivity index is 1.91. The quantitative estimate of drug-likeness (QED) is 0.825. The van der Waals surface area contributed by atoms with Crippen LogP contribution in [0.25, 0.3) is 0 Å². The molecule has 0 saturated carbocycles. The number of furan rings is 1. The zero-order valence-corrected chi connectivity index (χ0v) is 11.1. The highest BCUT2D eigenvalue weighted by Crippen LogP contribution is 2.19. The predicted molar refractivity (Wildman–Crippen MR) is 74.6 cm³/mol. The van der Waals surface area contributed by atoms with Crippen LogP contribution in [0.2, 0.25) is 0 Å². The maximum atomic E-state index is 5.46. The predicted octanol–water partition coefficient (Wildman–Crippen LogP) is 4.12. The first-order chi connectivity index (χ1) is 8.81. The van der Waals surface area contributed by atoms with E-state index in [0.717, 1.165) is 18.7 Å². The van der Waals surface area contributed by atoms with Crippen LogP contribution in [0.5, 0.6) is 0 Å². The lowest BCUT2D eigenvalue weighted by Gasteiger charge is -2.18. The topological polar surface area (TPSA) is 25.2 Å². The van der Waals surface area contributed by atoms with Crippen LogP contribution in [0.15, 0.2) is 53.1 Å². The Kier molecular flexibility index (Phi) is 4.59. The van der Waals surface area contributed by atoms with Crippen molar-refractivity contribution in [3.05, 3.63) is 60.1 Å². The van der Waals surface area contributed by atoms with Crippen LogP contribution in [0.1, 0.15) is 43.6 Å². The minimum atomic E-state index is 0.311. The van der Waals surface area contributed by atoms with Gasteiger partial charge in [0.05, 0.1) is 12.3 Å². The van der Waals surface area contributed by atoms with Crippen molar-refractivity contribution in [1.82, 2.24) is 5.32 Å². The van der Waals surface area contributed by atoms with E-state index in [0.29, 0.717) is 12.0 Å². The molecule has 0 spiro atoms. The molecule has 0 aliphatic carbocycles. The molecule has 2 atom stereocenters. The van der Waals surface area contributed by atoms with Crippen LogP contribution < -0.4 is 5.32 Å². The molecule has 0 saturated heterocycles. The van der Waals surface area contributed by atoms with Crippen LogP contribution in [-0.2, 0) is 0 Å². The zero-order chi connectivity index (χ0) is 12.8. The molecule has 0 bridgehead atoms. The zero-order valence-electron chi connectivity index (χ0n) is 11.1. The van der Waals surface area contributed by atoms with Gasteiger partial charge in [0.1, 0.15) is 5.76 Å². The van der Waals surface area contributed by atoms with Crippen molar-refractivity contribution in [1.29, 1.82) is 0 Å². The Morgan fingerprint density at radius 3 is 2.50 bits per heavy atom. The summed E-state index contributed by atoms with van der Waals surface area (Å²) in [5.41, 5.74) is 1.37. The fraction of sp³-hybridized carbons (Fsp3) is 0.375. The van der Waals surface area contributed by atoms with Crippen molar-refractivity contribution in [3.8, 4) is 0 Å². The summed E-state index contributed by atoms with van der Waals surface area (Å²) in [5.74, 6) is 1.54. The van der Waals surface area contributed by atoms with Gasteiger partial charge in [0.15, 0.2) is 0 Å². The highest BCUT2D eigenvalue weighted by Gasteiger charge is 2.13. The Hall–Kier alpha value is -1.54. The van der Waals surface area contributed by atoms with Gasteiger partial charge in [-0.05, 0) is 30.0 Å². The van der Waals surface area contributed by atoms with Crippen molar-refractivity contribution < 1.29 is 4.42 Å². The van der Waals surface area contributed by atoms with Gasteiger partial charge in [-0.3, -0.25) is 0 Å². The summed E-state index contributed by atoms with van der Waals surface area (Å²) in [4.78, 5) is 0. The van der Waals surface area contributed by atoms with Gasteiger partial charge in [-0.15, -0.1) is 0 Å². The van der Waals surface area contributed by atoms with E-state index in [1.165, 1.54) is 5.56 Å². The second-order valence-electron chi connectivity index (χ2n) is 4.70. The van der Waals surface area contributed by atoms with E-state index in [1.807, 2.05) is 12.1 Å². The van der Waals surface area contributed by atoms with E-state index in [1.54, 1.807) is 6.26 Å². The number of hydrogen-bond donors (Lipinski definition) is 1. The fourth-order valence-corrected chi connectivity index (χ4v) is 2.15. The molecule has 2 heteroatoms. The molecule has 1 N–H and O–H groups in total. The van der Waals surface area contributed by atoms with E-state index in [2.05, 4.69) is 49.5 Å². The molecule has 1 aromatic carbocycles. The first kappa shape index (κ1) is 12.9. The third-order valence-corrected chi connectivity index (χ3v) is 3.33. The Morgan fingerprint density at radius 1 is 1.11 bits per heavy atom. The maximum absolute atomic E-state index is 5.46. The minimum Gasteiger partial charge on any atom is -0.468 e. The summed E-state index contributed by atoms with van der Waals surface area (Å²) in [5, 5.41) is 3.58. The molecular formula is C16H21NO. The van der Waals surface area contributed by atoms with Gasteiger partial charge in [0.25, 0.3) is 0 Å². The smallest absolute Gasteiger partial charge is 0.120 e. The normalized spacial score (nSPS) is 14.3. The highest BCUT2D eigenvalue weighted by atomic mass is 16.3. The summed E-state index contributed by atoms with van der Waals surface area (Å²) in [6.07, 6.45) is 2.77. The van der Waals surface area contributed by atoms with Gasteiger partial charge in [-0.25, -0.2) is 0 Å². The third-order valence-electron chi connectivity index (χ3n) is 3.33.